The van der Waals surface area contributed by atoms with E-state index in [1.807, 2.05) is 37.3 Å². The fraction of sp³-hybridized carbons (Fsp3) is 0.179. The van der Waals surface area contributed by atoms with Crippen LogP contribution in [0.15, 0.2) is 65.6 Å². The van der Waals surface area contributed by atoms with Crippen molar-refractivity contribution >= 4 is 40.6 Å². The van der Waals surface area contributed by atoms with Crippen LogP contribution in [-0.2, 0) is 11.4 Å². The number of imide groups is 1. The Morgan fingerprint density at radius 3 is 2.65 bits per heavy atom. The van der Waals surface area contributed by atoms with Gasteiger partial charge in [-0.05, 0) is 66.2 Å². The van der Waals surface area contributed by atoms with Crippen LogP contribution in [0.4, 0.5) is 4.79 Å². The summed E-state index contributed by atoms with van der Waals surface area (Å²) in [5.41, 5.74) is 2.86. The van der Waals surface area contributed by atoms with Crippen molar-refractivity contribution in [2.75, 3.05) is 20.3 Å². The first-order valence-electron chi connectivity index (χ1n) is 11.3. The molecule has 7 nitrogen and oxygen atoms in total. The number of nitriles is 1. The molecule has 0 atom stereocenters. The van der Waals surface area contributed by atoms with E-state index in [1.54, 1.807) is 36.4 Å². The van der Waals surface area contributed by atoms with Crippen LogP contribution in [-0.4, -0.2) is 36.3 Å². The van der Waals surface area contributed by atoms with Gasteiger partial charge in [-0.25, -0.2) is 0 Å². The quantitative estimate of drug-likeness (QED) is 0.301. The monoisotopic (exact) mass is 534 g/mol. The lowest BCUT2D eigenvalue weighted by Crippen LogP contribution is -2.32. The summed E-state index contributed by atoms with van der Waals surface area (Å²) in [5, 5.41) is 9.19. The zero-order chi connectivity index (χ0) is 26.4. The number of benzene rings is 3. The molecule has 0 bridgehead atoms. The van der Waals surface area contributed by atoms with Crippen LogP contribution in [0, 0.1) is 18.3 Å². The standard InChI is InChI=1S/C28H23ClN2O5S/c1-18-6-5-9-22(12-18)35-11-10-31-27(32)25(37-28(31)33)15-19-13-23(29)26(24(14-19)34-2)36-17-21-8-4-3-7-20(21)16-30/h3-9,12-15H,10-11,17H2,1-2H3/b25-15-. The number of amides is 2. The molecule has 9 heteroatoms. The highest BCUT2D eigenvalue weighted by Gasteiger charge is 2.35. The smallest absolute Gasteiger partial charge is 0.293 e. The first-order valence-corrected chi connectivity index (χ1v) is 12.5. The number of halogens is 1. The van der Waals surface area contributed by atoms with Crippen molar-refractivity contribution < 1.29 is 23.8 Å². The summed E-state index contributed by atoms with van der Waals surface area (Å²) in [7, 11) is 1.48. The molecule has 3 aromatic carbocycles. The van der Waals surface area contributed by atoms with Crippen molar-refractivity contribution in [1.29, 1.82) is 5.26 Å². The predicted octanol–water partition coefficient (Wildman–Crippen LogP) is 6.22. The highest BCUT2D eigenvalue weighted by molar-refractivity contribution is 8.18. The second-order valence-electron chi connectivity index (χ2n) is 8.09. The SMILES string of the molecule is COc1cc(/C=C2\SC(=O)N(CCOc3cccc(C)c3)C2=O)cc(Cl)c1OCc1ccccc1C#N. The predicted molar refractivity (Wildman–Crippen MR) is 143 cm³/mol. The summed E-state index contributed by atoms with van der Waals surface area (Å²) >= 11 is 7.34. The molecule has 1 aliphatic rings. The van der Waals surface area contributed by atoms with E-state index in [1.165, 1.54) is 7.11 Å². The van der Waals surface area contributed by atoms with E-state index in [-0.39, 0.29) is 34.9 Å². The van der Waals surface area contributed by atoms with Gasteiger partial charge in [0.05, 0.1) is 35.2 Å². The fourth-order valence-corrected chi connectivity index (χ4v) is 4.81. The van der Waals surface area contributed by atoms with Crippen molar-refractivity contribution in [3.8, 4) is 23.3 Å². The van der Waals surface area contributed by atoms with Gasteiger partial charge >= 0.3 is 0 Å². The largest absolute Gasteiger partial charge is 0.493 e. The molecule has 1 aliphatic heterocycles. The minimum atomic E-state index is -0.397. The number of nitrogens with zero attached hydrogens (tertiary/aromatic N) is 2. The maximum absolute atomic E-state index is 12.9. The lowest BCUT2D eigenvalue weighted by molar-refractivity contribution is -0.123. The minimum Gasteiger partial charge on any atom is -0.493 e. The number of methoxy groups -OCH3 is 1. The van der Waals surface area contributed by atoms with Crippen LogP contribution in [0.2, 0.25) is 5.02 Å². The second-order valence-corrected chi connectivity index (χ2v) is 9.49. The molecule has 3 aromatic rings. The van der Waals surface area contributed by atoms with Gasteiger partial charge < -0.3 is 14.2 Å². The number of hydrogen-bond acceptors (Lipinski definition) is 7. The van der Waals surface area contributed by atoms with Crippen LogP contribution >= 0.6 is 23.4 Å². The molecule has 0 N–H and O–H groups in total. The average Bonchev–Trinajstić information content (AvgIpc) is 3.15. The highest BCUT2D eigenvalue weighted by Crippen LogP contribution is 2.39. The number of hydrogen-bond donors (Lipinski definition) is 0. The maximum atomic E-state index is 12.9. The van der Waals surface area contributed by atoms with Gasteiger partial charge in [0, 0.05) is 5.56 Å². The lowest BCUT2D eigenvalue weighted by Gasteiger charge is -2.14. The molecule has 0 unspecified atom stereocenters. The number of carbonyl (C=O) groups is 2. The van der Waals surface area contributed by atoms with Gasteiger partial charge in [0.25, 0.3) is 11.1 Å². The maximum Gasteiger partial charge on any atom is 0.293 e. The summed E-state index contributed by atoms with van der Waals surface area (Å²) in [6.45, 7) is 2.41. The Hall–Kier alpha value is -3.93. The Labute approximate surface area is 224 Å². The molecule has 0 aromatic heterocycles. The van der Waals surface area contributed by atoms with Gasteiger partial charge in [-0.3, -0.25) is 14.5 Å². The van der Waals surface area contributed by atoms with Gasteiger partial charge in [0.2, 0.25) is 0 Å². The average molecular weight is 535 g/mol. The summed E-state index contributed by atoms with van der Waals surface area (Å²) in [6, 6.07) is 20.1. The van der Waals surface area contributed by atoms with Crippen molar-refractivity contribution in [1.82, 2.24) is 4.90 Å². The molecule has 0 aliphatic carbocycles. The van der Waals surface area contributed by atoms with Crippen LogP contribution in [0.5, 0.6) is 17.2 Å². The number of thioether (sulfide) groups is 1. The number of aryl methyl sites for hydroxylation is 1. The summed E-state index contributed by atoms with van der Waals surface area (Å²) in [5.74, 6) is 0.962. The molecular weight excluding hydrogens is 512 g/mol. The third kappa shape index (κ3) is 6.26. The minimum absolute atomic E-state index is 0.128. The van der Waals surface area contributed by atoms with Crippen molar-refractivity contribution in [3.63, 3.8) is 0 Å². The molecule has 0 saturated carbocycles. The van der Waals surface area contributed by atoms with Crippen LogP contribution in [0.3, 0.4) is 0 Å². The van der Waals surface area contributed by atoms with Crippen molar-refractivity contribution in [2.45, 2.75) is 13.5 Å². The molecule has 0 spiro atoms. The van der Waals surface area contributed by atoms with Crippen LogP contribution < -0.4 is 14.2 Å². The first kappa shape index (κ1) is 26.1. The number of rotatable bonds is 9. The summed E-state index contributed by atoms with van der Waals surface area (Å²) in [6.07, 6.45) is 1.59. The molecule has 188 valence electrons. The molecule has 4 rings (SSSR count). The third-order valence-corrected chi connectivity index (χ3v) is 6.69. The zero-order valence-electron chi connectivity index (χ0n) is 20.2. The van der Waals surface area contributed by atoms with Crippen molar-refractivity contribution in [2.24, 2.45) is 0 Å². The first-order chi connectivity index (χ1) is 17.9. The number of ether oxygens (including phenoxy) is 3. The van der Waals surface area contributed by atoms with Gasteiger partial charge in [-0.2, -0.15) is 5.26 Å². The van der Waals surface area contributed by atoms with Gasteiger partial charge in [-0.1, -0.05) is 41.9 Å². The van der Waals surface area contributed by atoms with Gasteiger partial charge in [-0.15, -0.1) is 0 Å². The fourth-order valence-electron chi connectivity index (χ4n) is 3.67. The van der Waals surface area contributed by atoms with E-state index in [2.05, 4.69) is 6.07 Å². The summed E-state index contributed by atoms with van der Waals surface area (Å²) in [4.78, 5) is 26.8. The topological polar surface area (TPSA) is 88.9 Å². The molecule has 2 amide bonds. The van der Waals surface area contributed by atoms with Crippen LogP contribution in [0.1, 0.15) is 22.3 Å². The highest BCUT2D eigenvalue weighted by atomic mass is 35.5. The molecule has 0 radical (unpaired) electrons. The third-order valence-electron chi connectivity index (χ3n) is 5.51. The van der Waals surface area contributed by atoms with E-state index >= 15 is 0 Å². The number of carbonyl (C=O) groups excluding carboxylic acids is 2. The Kier molecular flexibility index (Phi) is 8.39. The van der Waals surface area contributed by atoms with E-state index in [0.717, 1.165) is 22.2 Å². The lowest BCUT2D eigenvalue weighted by atomic mass is 10.1. The molecule has 37 heavy (non-hydrogen) atoms. The zero-order valence-corrected chi connectivity index (χ0v) is 21.8. The molecule has 1 fully saturated rings. The summed E-state index contributed by atoms with van der Waals surface area (Å²) < 4.78 is 17.0. The van der Waals surface area contributed by atoms with Gasteiger partial charge in [0.15, 0.2) is 11.5 Å². The Morgan fingerprint density at radius 2 is 1.89 bits per heavy atom. The molecule has 1 saturated heterocycles. The Morgan fingerprint density at radius 1 is 1.08 bits per heavy atom. The van der Waals surface area contributed by atoms with Gasteiger partial charge in [0.1, 0.15) is 19.0 Å². The van der Waals surface area contributed by atoms with E-state index in [9.17, 15) is 14.9 Å². The van der Waals surface area contributed by atoms with E-state index in [4.69, 9.17) is 25.8 Å². The second kappa shape index (κ2) is 11.9. The normalized spacial score (nSPS) is 14.1. The van der Waals surface area contributed by atoms with Crippen molar-refractivity contribution in [3.05, 3.63) is 92.8 Å². The Bertz CT molecular complexity index is 1420. The van der Waals surface area contributed by atoms with Crippen LogP contribution in [0.25, 0.3) is 6.08 Å². The molecule has 1 heterocycles. The molecular formula is C28H23ClN2O5S. The van der Waals surface area contributed by atoms with E-state index in [0.29, 0.717) is 33.9 Å². The Balaban J connectivity index is 1.45. The van der Waals surface area contributed by atoms with E-state index < -0.39 is 5.91 Å².